The van der Waals surface area contributed by atoms with Crippen molar-refractivity contribution in [2.45, 2.75) is 76.4 Å². The van der Waals surface area contributed by atoms with E-state index in [0.717, 1.165) is 39.0 Å². The zero-order valence-corrected chi connectivity index (χ0v) is 24.5. The van der Waals surface area contributed by atoms with Gasteiger partial charge in [-0.05, 0) is 56.6 Å². The predicted octanol–water partition coefficient (Wildman–Crippen LogP) is -0.593. The second-order valence-electron chi connectivity index (χ2n) is 11.9. The number of tetrazole rings is 1. The molecule has 0 aliphatic carbocycles. The molecule has 4 aliphatic rings. The van der Waals surface area contributed by atoms with Crippen LogP contribution in [0.1, 0.15) is 46.5 Å². The van der Waals surface area contributed by atoms with Gasteiger partial charge in [0.25, 0.3) is 0 Å². The molecule has 14 nitrogen and oxygen atoms in total. The van der Waals surface area contributed by atoms with Crippen molar-refractivity contribution < 1.29 is 24.3 Å². The summed E-state index contributed by atoms with van der Waals surface area (Å²) in [4.78, 5) is 55.2. The number of carboxylic acid groups (broad SMARTS) is 1. The molecule has 41 heavy (non-hydrogen) atoms. The number of hydrogen-bond acceptors (Lipinski definition) is 10. The Labute approximate surface area is 243 Å². The number of nitrogens with zero attached hydrogens (tertiary/aromatic N) is 6. The van der Waals surface area contributed by atoms with E-state index in [2.05, 4.69) is 31.5 Å². The van der Waals surface area contributed by atoms with Crippen LogP contribution in [-0.4, -0.2) is 115 Å². The molecule has 4 aliphatic heterocycles. The topological polar surface area (TPSA) is 175 Å². The normalized spacial score (nSPS) is 28.1. The minimum Gasteiger partial charge on any atom is -0.477 e. The minimum atomic E-state index is -1.15. The zero-order chi connectivity index (χ0) is 29.3. The van der Waals surface area contributed by atoms with Crippen molar-refractivity contribution in [2.24, 2.45) is 11.3 Å². The van der Waals surface area contributed by atoms with E-state index in [1.54, 1.807) is 6.92 Å². The monoisotopic (exact) mass is 589 g/mol. The Morgan fingerprint density at radius 3 is 2.61 bits per heavy atom. The van der Waals surface area contributed by atoms with E-state index in [1.165, 1.54) is 27.7 Å². The van der Waals surface area contributed by atoms with Crippen LogP contribution >= 0.6 is 11.8 Å². The Bertz CT molecular complexity index is 1190. The average molecular weight is 590 g/mol. The van der Waals surface area contributed by atoms with Gasteiger partial charge >= 0.3 is 5.97 Å². The Balaban J connectivity index is 1.18. The molecule has 3 fully saturated rings. The van der Waals surface area contributed by atoms with Crippen molar-refractivity contribution in [3.63, 3.8) is 0 Å². The van der Waals surface area contributed by atoms with E-state index in [4.69, 9.17) is 0 Å². The highest BCUT2D eigenvalue weighted by atomic mass is 32.2. The Kier molecular flexibility index (Phi) is 8.66. The maximum absolute atomic E-state index is 13.4. The van der Waals surface area contributed by atoms with E-state index in [0.29, 0.717) is 17.9 Å². The quantitative estimate of drug-likeness (QED) is 0.290. The standard InChI is InChI=1S/C26H39N9O5S/c1-15(30-20(36)11-34-14-29-31-32-34)8-21(37)35-17(3)16(2)23(22(35)25(39)40)41-18-9-19(28-10-18)24(38)33-12-26(13-33)4-6-27-7-5-26/h14-19,27-28H,4-13H2,1-3H3,(H,30,36)(H,39,40)/t15-,16-,17+,18+,19?/m1/s1. The molecule has 1 aromatic rings. The van der Waals surface area contributed by atoms with Crippen molar-refractivity contribution in [1.29, 1.82) is 0 Å². The van der Waals surface area contributed by atoms with Gasteiger partial charge in [0, 0.05) is 59.6 Å². The first-order chi connectivity index (χ1) is 19.6. The summed E-state index contributed by atoms with van der Waals surface area (Å²) in [7, 11) is 0. The van der Waals surface area contributed by atoms with E-state index in [-0.39, 0.29) is 65.1 Å². The molecule has 0 aromatic carbocycles. The van der Waals surface area contributed by atoms with Crippen LogP contribution in [-0.2, 0) is 25.7 Å². The van der Waals surface area contributed by atoms with Crippen molar-refractivity contribution >= 4 is 35.5 Å². The molecule has 1 aromatic heterocycles. The second kappa shape index (κ2) is 12.1. The third kappa shape index (κ3) is 6.26. The lowest BCUT2D eigenvalue weighted by molar-refractivity contribution is -0.147. The summed E-state index contributed by atoms with van der Waals surface area (Å²) in [5.41, 5.74) is 0.271. The van der Waals surface area contributed by atoms with E-state index in [9.17, 15) is 24.3 Å². The SMILES string of the molecule is C[C@H](CC(=O)N1C(C(=O)O)=C(S[C@@H]2CNC(C(=O)N3CC4(CCNCC4)C3)C2)[C@H](C)[C@@H]1C)NC(=O)Cn1cnnn1. The van der Waals surface area contributed by atoms with Crippen LogP contribution in [0.4, 0.5) is 0 Å². The van der Waals surface area contributed by atoms with E-state index < -0.39 is 12.0 Å². The fraction of sp³-hybridized carbons (Fsp3) is 0.731. The number of thioether (sulfide) groups is 1. The number of carboxylic acids is 1. The molecule has 15 heteroatoms. The minimum absolute atomic E-state index is 0.00224. The van der Waals surface area contributed by atoms with Crippen LogP contribution in [0.2, 0.25) is 0 Å². The molecule has 0 bridgehead atoms. The smallest absolute Gasteiger partial charge is 0.353 e. The van der Waals surface area contributed by atoms with E-state index >= 15 is 0 Å². The van der Waals surface area contributed by atoms with Crippen LogP contribution < -0.4 is 16.0 Å². The summed E-state index contributed by atoms with van der Waals surface area (Å²) >= 11 is 1.47. The first-order valence-corrected chi connectivity index (χ1v) is 15.1. The maximum atomic E-state index is 13.4. The number of hydrogen-bond donors (Lipinski definition) is 4. The van der Waals surface area contributed by atoms with Gasteiger partial charge in [-0.15, -0.1) is 16.9 Å². The van der Waals surface area contributed by atoms with E-state index in [1.807, 2.05) is 18.7 Å². The van der Waals surface area contributed by atoms with Gasteiger partial charge in [0.1, 0.15) is 18.6 Å². The third-order valence-corrected chi connectivity index (χ3v) is 10.3. The molecule has 0 saturated carbocycles. The highest BCUT2D eigenvalue weighted by molar-refractivity contribution is 8.03. The number of piperidine rings is 1. The molecule has 3 amide bonds. The summed E-state index contributed by atoms with van der Waals surface area (Å²) in [5.74, 6) is -1.92. The molecular weight excluding hydrogens is 550 g/mol. The maximum Gasteiger partial charge on any atom is 0.353 e. The molecule has 4 N–H and O–H groups in total. The summed E-state index contributed by atoms with van der Waals surface area (Å²) in [5, 5.41) is 30.3. The fourth-order valence-corrected chi connectivity index (χ4v) is 7.95. The number of nitrogens with one attached hydrogen (secondary N) is 3. The van der Waals surface area contributed by atoms with Crippen molar-refractivity contribution in [3.8, 4) is 0 Å². The number of carbonyl (C=O) groups excluding carboxylic acids is 3. The van der Waals surface area contributed by atoms with Gasteiger partial charge in [-0.25, -0.2) is 9.48 Å². The van der Waals surface area contributed by atoms with Gasteiger partial charge in [-0.1, -0.05) is 6.92 Å². The van der Waals surface area contributed by atoms with Crippen LogP contribution in [0, 0.1) is 11.3 Å². The molecule has 3 saturated heterocycles. The largest absolute Gasteiger partial charge is 0.477 e. The number of aliphatic carboxylic acids is 1. The summed E-state index contributed by atoms with van der Waals surface area (Å²) in [6.07, 6.45) is 4.10. The van der Waals surface area contributed by atoms with Crippen LogP contribution in [0.3, 0.4) is 0 Å². The predicted molar refractivity (Wildman–Crippen MR) is 149 cm³/mol. The lowest BCUT2D eigenvalue weighted by Gasteiger charge is -2.53. The number of amides is 3. The van der Waals surface area contributed by atoms with Crippen LogP contribution in [0.25, 0.3) is 0 Å². The third-order valence-electron chi connectivity index (χ3n) is 8.79. The van der Waals surface area contributed by atoms with Crippen LogP contribution in [0.15, 0.2) is 16.9 Å². The van der Waals surface area contributed by atoms with Gasteiger partial charge < -0.3 is 30.9 Å². The molecule has 224 valence electrons. The van der Waals surface area contributed by atoms with Crippen molar-refractivity contribution in [3.05, 3.63) is 16.9 Å². The lowest BCUT2D eigenvalue weighted by atomic mass is 9.72. The average Bonchev–Trinajstić information content (AvgIpc) is 3.64. The van der Waals surface area contributed by atoms with Gasteiger partial charge in [0.2, 0.25) is 17.7 Å². The molecule has 1 spiro atoms. The van der Waals surface area contributed by atoms with Gasteiger partial charge in [0.15, 0.2) is 0 Å². The number of rotatable bonds is 9. The van der Waals surface area contributed by atoms with Gasteiger partial charge in [-0.3, -0.25) is 14.4 Å². The molecular formula is C26H39N9O5S. The molecule has 5 heterocycles. The Morgan fingerprint density at radius 1 is 1.22 bits per heavy atom. The molecule has 5 rings (SSSR count). The van der Waals surface area contributed by atoms with Crippen LogP contribution in [0.5, 0.6) is 0 Å². The number of carbonyl (C=O) groups is 4. The molecule has 5 atom stereocenters. The van der Waals surface area contributed by atoms with Crippen molar-refractivity contribution in [1.82, 2.24) is 46.0 Å². The Hall–Kier alpha value is -3.04. The first-order valence-electron chi connectivity index (χ1n) is 14.3. The second-order valence-corrected chi connectivity index (χ2v) is 13.2. The zero-order valence-electron chi connectivity index (χ0n) is 23.7. The Morgan fingerprint density at radius 2 is 1.95 bits per heavy atom. The number of likely N-dealkylation sites (tertiary alicyclic amines) is 1. The molecule has 1 unspecified atom stereocenters. The summed E-state index contributed by atoms with van der Waals surface area (Å²) in [6, 6.07) is -1.14. The lowest BCUT2D eigenvalue weighted by Crippen LogP contribution is -2.63. The number of aromatic nitrogens is 4. The highest BCUT2D eigenvalue weighted by Gasteiger charge is 2.48. The summed E-state index contributed by atoms with van der Waals surface area (Å²) in [6.45, 7) is 9.65. The van der Waals surface area contributed by atoms with Gasteiger partial charge in [0.05, 0.1) is 6.04 Å². The first kappa shape index (κ1) is 29.5. The highest BCUT2D eigenvalue weighted by Crippen LogP contribution is 2.45. The fourth-order valence-electron chi connectivity index (χ4n) is 6.41. The summed E-state index contributed by atoms with van der Waals surface area (Å²) < 4.78 is 1.27. The molecule has 0 radical (unpaired) electrons. The van der Waals surface area contributed by atoms with Gasteiger partial charge in [-0.2, -0.15) is 0 Å². The van der Waals surface area contributed by atoms with Crippen molar-refractivity contribution in [2.75, 3.05) is 32.7 Å².